The Bertz CT molecular complexity index is 468. The van der Waals surface area contributed by atoms with Crippen LogP contribution in [0.5, 0.6) is 0 Å². The second kappa shape index (κ2) is 4.71. The van der Waals surface area contributed by atoms with Gasteiger partial charge in [0.05, 0.1) is 5.56 Å². The number of nitrogens with zero attached hydrogens (tertiary/aromatic N) is 1. The van der Waals surface area contributed by atoms with E-state index in [9.17, 15) is 13.2 Å². The summed E-state index contributed by atoms with van der Waals surface area (Å²) < 4.78 is 38.4. The molecule has 1 aliphatic rings. The first-order valence-corrected chi connectivity index (χ1v) is 6.33. The molecule has 0 spiro atoms. The zero-order valence-electron chi connectivity index (χ0n) is 11.4. The van der Waals surface area contributed by atoms with E-state index in [1.165, 1.54) is 6.07 Å². The number of fused-ring (bicyclic) bond motifs is 1. The molecule has 0 aromatic heterocycles. The summed E-state index contributed by atoms with van der Waals surface area (Å²) in [5, 5.41) is 3.21. The highest BCUT2D eigenvalue weighted by atomic mass is 19.4. The van der Waals surface area contributed by atoms with Crippen LogP contribution in [0.2, 0.25) is 0 Å². The molecule has 0 saturated carbocycles. The summed E-state index contributed by atoms with van der Waals surface area (Å²) in [5.74, 6) is 0. The van der Waals surface area contributed by atoms with Crippen LogP contribution < -0.4 is 5.32 Å². The Morgan fingerprint density at radius 2 is 2.00 bits per heavy atom. The zero-order valence-corrected chi connectivity index (χ0v) is 11.4. The number of benzene rings is 1. The maximum absolute atomic E-state index is 12.8. The van der Waals surface area contributed by atoms with E-state index in [0.29, 0.717) is 6.54 Å². The minimum Gasteiger partial charge on any atom is -0.384 e. The molecule has 2 rings (SSSR count). The molecular weight excluding hydrogens is 253 g/mol. The van der Waals surface area contributed by atoms with Crippen LogP contribution in [0.3, 0.4) is 0 Å². The Hall–Kier alpha value is -1.23. The van der Waals surface area contributed by atoms with E-state index in [2.05, 4.69) is 10.2 Å². The zero-order chi connectivity index (χ0) is 14.3. The van der Waals surface area contributed by atoms with Crippen LogP contribution >= 0.6 is 0 Å². The van der Waals surface area contributed by atoms with Gasteiger partial charge in [-0.1, -0.05) is 6.92 Å². The Morgan fingerprint density at radius 1 is 1.32 bits per heavy atom. The van der Waals surface area contributed by atoms with Crippen LogP contribution in [0.25, 0.3) is 0 Å². The smallest absolute Gasteiger partial charge is 0.384 e. The largest absolute Gasteiger partial charge is 0.416 e. The van der Waals surface area contributed by atoms with Gasteiger partial charge in [-0.2, -0.15) is 13.2 Å². The lowest BCUT2D eigenvalue weighted by Crippen LogP contribution is -2.29. The summed E-state index contributed by atoms with van der Waals surface area (Å²) in [7, 11) is 3.94. The molecule has 1 N–H and O–H groups in total. The van der Waals surface area contributed by atoms with Crippen LogP contribution in [-0.2, 0) is 11.6 Å². The van der Waals surface area contributed by atoms with Crippen LogP contribution in [0, 0.1) is 0 Å². The van der Waals surface area contributed by atoms with Gasteiger partial charge in [-0.25, -0.2) is 0 Å². The quantitative estimate of drug-likeness (QED) is 0.908. The van der Waals surface area contributed by atoms with Gasteiger partial charge < -0.3 is 10.2 Å². The van der Waals surface area contributed by atoms with Gasteiger partial charge in [0.1, 0.15) is 0 Å². The Balaban J connectivity index is 2.32. The summed E-state index contributed by atoms with van der Waals surface area (Å²) in [5.41, 5.74) is 0.811. The standard InChI is InChI=1S/C14H19F3N2/c1-13(6-7-19(2)3)9-18-12-5-4-10(8-11(12)13)14(15,16)17/h4-5,8,18H,6-7,9H2,1-3H3. The molecule has 1 aliphatic heterocycles. The van der Waals surface area contributed by atoms with Crippen molar-refractivity contribution in [3.8, 4) is 0 Å². The van der Waals surface area contributed by atoms with Crippen molar-refractivity contribution in [2.45, 2.75) is 24.9 Å². The van der Waals surface area contributed by atoms with E-state index in [1.54, 1.807) is 6.07 Å². The molecule has 1 unspecified atom stereocenters. The molecule has 1 aromatic rings. The molecule has 0 fully saturated rings. The molecule has 0 aliphatic carbocycles. The van der Waals surface area contributed by atoms with Crippen molar-refractivity contribution in [3.05, 3.63) is 29.3 Å². The third kappa shape index (κ3) is 2.86. The normalized spacial score (nSPS) is 22.5. The van der Waals surface area contributed by atoms with Gasteiger partial charge in [0.2, 0.25) is 0 Å². The molecule has 0 saturated heterocycles. The first-order chi connectivity index (χ1) is 8.72. The summed E-state index contributed by atoms with van der Waals surface area (Å²) >= 11 is 0. The fourth-order valence-corrected chi connectivity index (χ4v) is 2.45. The number of hydrogen-bond donors (Lipinski definition) is 1. The summed E-state index contributed by atoms with van der Waals surface area (Å²) in [6.07, 6.45) is -3.44. The van der Waals surface area contributed by atoms with Gasteiger partial charge in [0, 0.05) is 17.6 Å². The Kier molecular flexibility index (Phi) is 3.51. The van der Waals surface area contributed by atoms with E-state index < -0.39 is 11.7 Å². The minimum absolute atomic E-state index is 0.235. The molecular formula is C14H19F3N2. The molecule has 0 amide bonds. The molecule has 0 radical (unpaired) electrons. The highest BCUT2D eigenvalue weighted by Crippen LogP contribution is 2.42. The lowest BCUT2D eigenvalue weighted by molar-refractivity contribution is -0.137. The number of nitrogens with one attached hydrogen (secondary N) is 1. The summed E-state index contributed by atoms with van der Waals surface area (Å²) in [4.78, 5) is 2.05. The maximum atomic E-state index is 12.8. The molecule has 5 heteroatoms. The van der Waals surface area contributed by atoms with E-state index in [0.717, 1.165) is 30.3 Å². The van der Waals surface area contributed by atoms with Crippen molar-refractivity contribution in [2.75, 3.05) is 32.5 Å². The van der Waals surface area contributed by atoms with E-state index in [4.69, 9.17) is 0 Å². The molecule has 106 valence electrons. The SMILES string of the molecule is CN(C)CCC1(C)CNc2ccc(C(F)(F)F)cc21. The molecule has 1 aromatic carbocycles. The summed E-state index contributed by atoms with van der Waals surface area (Å²) in [6, 6.07) is 3.98. The second-order valence-electron chi connectivity index (χ2n) is 5.73. The Labute approximate surface area is 111 Å². The fourth-order valence-electron chi connectivity index (χ4n) is 2.45. The number of anilines is 1. The predicted molar refractivity (Wildman–Crippen MR) is 70.5 cm³/mol. The predicted octanol–water partition coefficient (Wildman–Crippen LogP) is 3.34. The topological polar surface area (TPSA) is 15.3 Å². The molecule has 1 heterocycles. The monoisotopic (exact) mass is 272 g/mol. The van der Waals surface area contributed by atoms with Gasteiger partial charge in [-0.05, 0) is 50.8 Å². The number of halogens is 3. The molecule has 19 heavy (non-hydrogen) atoms. The van der Waals surface area contributed by atoms with Gasteiger partial charge in [0.25, 0.3) is 0 Å². The number of hydrogen-bond acceptors (Lipinski definition) is 2. The third-order valence-corrected chi connectivity index (χ3v) is 3.78. The Morgan fingerprint density at radius 3 is 2.58 bits per heavy atom. The third-order valence-electron chi connectivity index (χ3n) is 3.78. The van der Waals surface area contributed by atoms with Crippen molar-refractivity contribution >= 4 is 5.69 Å². The molecule has 0 bridgehead atoms. The fraction of sp³-hybridized carbons (Fsp3) is 0.571. The van der Waals surface area contributed by atoms with Crippen LogP contribution in [-0.4, -0.2) is 32.1 Å². The van der Waals surface area contributed by atoms with Crippen molar-refractivity contribution < 1.29 is 13.2 Å². The number of rotatable bonds is 3. The average Bonchev–Trinajstić information content (AvgIpc) is 2.64. The highest BCUT2D eigenvalue weighted by molar-refractivity contribution is 5.61. The van der Waals surface area contributed by atoms with Crippen LogP contribution in [0.1, 0.15) is 24.5 Å². The second-order valence-corrected chi connectivity index (χ2v) is 5.73. The summed E-state index contributed by atoms with van der Waals surface area (Å²) in [6.45, 7) is 3.57. The van der Waals surface area contributed by atoms with Gasteiger partial charge in [-0.15, -0.1) is 0 Å². The average molecular weight is 272 g/mol. The lowest BCUT2D eigenvalue weighted by atomic mass is 9.80. The van der Waals surface area contributed by atoms with E-state index >= 15 is 0 Å². The van der Waals surface area contributed by atoms with Crippen molar-refractivity contribution in [2.24, 2.45) is 0 Å². The first-order valence-electron chi connectivity index (χ1n) is 6.33. The van der Waals surface area contributed by atoms with E-state index in [1.807, 2.05) is 21.0 Å². The molecule has 2 nitrogen and oxygen atoms in total. The number of alkyl halides is 3. The van der Waals surface area contributed by atoms with Crippen molar-refractivity contribution in [1.29, 1.82) is 0 Å². The maximum Gasteiger partial charge on any atom is 0.416 e. The van der Waals surface area contributed by atoms with E-state index in [-0.39, 0.29) is 5.41 Å². The van der Waals surface area contributed by atoms with Gasteiger partial charge in [0.15, 0.2) is 0 Å². The van der Waals surface area contributed by atoms with Gasteiger partial charge >= 0.3 is 6.18 Å². The minimum atomic E-state index is -4.28. The van der Waals surface area contributed by atoms with Crippen LogP contribution in [0.4, 0.5) is 18.9 Å². The molecule has 1 atom stereocenters. The van der Waals surface area contributed by atoms with Crippen molar-refractivity contribution in [3.63, 3.8) is 0 Å². The lowest BCUT2D eigenvalue weighted by Gasteiger charge is -2.26. The van der Waals surface area contributed by atoms with Gasteiger partial charge in [-0.3, -0.25) is 0 Å². The first kappa shape index (κ1) is 14.2. The van der Waals surface area contributed by atoms with Crippen molar-refractivity contribution in [1.82, 2.24) is 4.90 Å². The highest BCUT2D eigenvalue weighted by Gasteiger charge is 2.38. The van der Waals surface area contributed by atoms with Crippen LogP contribution in [0.15, 0.2) is 18.2 Å².